The van der Waals surface area contributed by atoms with Crippen LogP contribution in [0.2, 0.25) is 0 Å². The van der Waals surface area contributed by atoms with Gasteiger partial charge in [-0.05, 0) is 50.3 Å². The lowest BCUT2D eigenvalue weighted by Gasteiger charge is -2.21. The summed E-state index contributed by atoms with van der Waals surface area (Å²) < 4.78 is 0. The number of nitrogens with one attached hydrogen (secondary N) is 1. The maximum Gasteiger partial charge on any atom is 0.292 e. The van der Waals surface area contributed by atoms with Crippen molar-refractivity contribution in [3.05, 3.63) is 45.5 Å². The molecule has 0 saturated carbocycles. The lowest BCUT2D eigenvalue weighted by molar-refractivity contribution is -0.384. The zero-order chi connectivity index (χ0) is 13.1. The molecule has 0 spiro atoms. The highest BCUT2D eigenvalue weighted by Crippen LogP contribution is 2.30. The van der Waals surface area contributed by atoms with E-state index in [1.54, 1.807) is 6.07 Å². The van der Waals surface area contributed by atoms with E-state index in [0.29, 0.717) is 11.7 Å². The van der Waals surface area contributed by atoms with Crippen molar-refractivity contribution in [3.8, 4) is 0 Å². The zero-order valence-corrected chi connectivity index (χ0v) is 10.8. The SMILES string of the molecule is Cc1cc(NC2CC=CCC2)c([N+](=O)[O-])cc1C. The van der Waals surface area contributed by atoms with Crippen LogP contribution in [0.25, 0.3) is 0 Å². The number of allylic oxidation sites excluding steroid dienone is 1. The summed E-state index contributed by atoms with van der Waals surface area (Å²) >= 11 is 0. The lowest BCUT2D eigenvalue weighted by atomic mass is 10.0. The van der Waals surface area contributed by atoms with Crippen LogP contribution in [-0.4, -0.2) is 11.0 Å². The third-order valence-electron chi connectivity index (χ3n) is 3.44. The molecule has 1 aromatic carbocycles. The second kappa shape index (κ2) is 5.21. The minimum Gasteiger partial charge on any atom is -0.376 e. The summed E-state index contributed by atoms with van der Waals surface area (Å²) in [6.45, 7) is 3.88. The molecule has 2 rings (SSSR count). The topological polar surface area (TPSA) is 55.2 Å². The van der Waals surface area contributed by atoms with Crippen LogP contribution in [-0.2, 0) is 0 Å². The fraction of sp³-hybridized carbons (Fsp3) is 0.429. The van der Waals surface area contributed by atoms with Crippen LogP contribution in [0.3, 0.4) is 0 Å². The number of hydrogen-bond donors (Lipinski definition) is 1. The molecule has 1 aliphatic rings. The van der Waals surface area contributed by atoms with E-state index in [4.69, 9.17) is 0 Å². The van der Waals surface area contributed by atoms with Crippen molar-refractivity contribution in [2.24, 2.45) is 0 Å². The van der Waals surface area contributed by atoms with Crippen LogP contribution < -0.4 is 5.32 Å². The van der Waals surface area contributed by atoms with Crippen molar-refractivity contribution in [3.63, 3.8) is 0 Å². The molecule has 0 amide bonds. The molecule has 1 aromatic rings. The fourth-order valence-corrected chi connectivity index (χ4v) is 2.21. The minimum atomic E-state index is -0.312. The molecule has 1 aliphatic carbocycles. The average molecular weight is 246 g/mol. The smallest absolute Gasteiger partial charge is 0.292 e. The monoisotopic (exact) mass is 246 g/mol. The molecule has 0 radical (unpaired) electrons. The molecule has 0 bridgehead atoms. The van der Waals surface area contributed by atoms with Crippen LogP contribution in [0.1, 0.15) is 30.4 Å². The van der Waals surface area contributed by atoms with E-state index < -0.39 is 0 Å². The third-order valence-corrected chi connectivity index (χ3v) is 3.44. The van der Waals surface area contributed by atoms with E-state index in [9.17, 15) is 10.1 Å². The predicted molar refractivity (Wildman–Crippen MR) is 73.0 cm³/mol. The van der Waals surface area contributed by atoms with E-state index in [0.717, 1.165) is 30.4 Å². The third kappa shape index (κ3) is 2.70. The highest BCUT2D eigenvalue weighted by Gasteiger charge is 2.18. The first-order chi connectivity index (χ1) is 8.58. The molecule has 0 saturated heterocycles. The Labute approximate surface area is 107 Å². The molecule has 4 heteroatoms. The number of benzene rings is 1. The number of nitrogens with zero attached hydrogens (tertiary/aromatic N) is 1. The summed E-state index contributed by atoms with van der Waals surface area (Å²) in [6, 6.07) is 3.83. The first kappa shape index (κ1) is 12.6. The van der Waals surface area contributed by atoms with Crippen LogP contribution in [0, 0.1) is 24.0 Å². The number of anilines is 1. The summed E-state index contributed by atoms with van der Waals surface area (Å²) in [6.07, 6.45) is 7.29. The summed E-state index contributed by atoms with van der Waals surface area (Å²) in [7, 11) is 0. The summed E-state index contributed by atoms with van der Waals surface area (Å²) in [4.78, 5) is 10.8. The molecular formula is C14H18N2O2. The van der Waals surface area contributed by atoms with Gasteiger partial charge in [-0.2, -0.15) is 0 Å². The largest absolute Gasteiger partial charge is 0.376 e. The number of hydrogen-bond acceptors (Lipinski definition) is 3. The normalized spacial score (nSPS) is 18.7. The van der Waals surface area contributed by atoms with Gasteiger partial charge >= 0.3 is 0 Å². The lowest BCUT2D eigenvalue weighted by Crippen LogP contribution is -2.21. The van der Waals surface area contributed by atoms with Crippen molar-refractivity contribution >= 4 is 11.4 Å². The van der Waals surface area contributed by atoms with Gasteiger partial charge in [0.2, 0.25) is 0 Å². The fourth-order valence-electron chi connectivity index (χ4n) is 2.21. The van der Waals surface area contributed by atoms with Crippen LogP contribution in [0.4, 0.5) is 11.4 Å². The Morgan fingerprint density at radius 3 is 2.61 bits per heavy atom. The van der Waals surface area contributed by atoms with E-state index in [2.05, 4.69) is 17.5 Å². The maximum absolute atomic E-state index is 11.1. The number of rotatable bonds is 3. The van der Waals surface area contributed by atoms with Crippen molar-refractivity contribution in [1.29, 1.82) is 0 Å². The molecule has 0 aromatic heterocycles. The van der Waals surface area contributed by atoms with Gasteiger partial charge in [-0.1, -0.05) is 12.2 Å². The van der Waals surface area contributed by atoms with Crippen LogP contribution >= 0.6 is 0 Å². The molecule has 96 valence electrons. The Bertz CT molecular complexity index is 495. The maximum atomic E-state index is 11.1. The predicted octanol–water partition coefficient (Wildman–Crippen LogP) is 3.73. The number of nitro benzene ring substituents is 1. The molecule has 4 nitrogen and oxygen atoms in total. The second-order valence-corrected chi connectivity index (χ2v) is 4.84. The van der Waals surface area contributed by atoms with Gasteiger partial charge in [0.15, 0.2) is 0 Å². The first-order valence-corrected chi connectivity index (χ1v) is 6.25. The van der Waals surface area contributed by atoms with Crippen LogP contribution in [0.15, 0.2) is 24.3 Å². The van der Waals surface area contributed by atoms with Gasteiger partial charge in [-0.15, -0.1) is 0 Å². The van der Waals surface area contributed by atoms with E-state index in [1.165, 1.54) is 0 Å². The Morgan fingerprint density at radius 1 is 1.28 bits per heavy atom. The molecule has 0 fully saturated rings. The summed E-state index contributed by atoms with van der Waals surface area (Å²) in [5.74, 6) is 0. The molecule has 1 unspecified atom stereocenters. The van der Waals surface area contributed by atoms with E-state index in [-0.39, 0.29) is 10.6 Å². The highest BCUT2D eigenvalue weighted by atomic mass is 16.6. The van der Waals surface area contributed by atoms with Gasteiger partial charge in [0.25, 0.3) is 5.69 Å². The van der Waals surface area contributed by atoms with Gasteiger partial charge in [0.05, 0.1) is 4.92 Å². The van der Waals surface area contributed by atoms with Gasteiger partial charge in [-0.3, -0.25) is 10.1 Å². The van der Waals surface area contributed by atoms with E-state index in [1.807, 2.05) is 19.9 Å². The highest BCUT2D eigenvalue weighted by molar-refractivity contribution is 5.65. The van der Waals surface area contributed by atoms with Crippen molar-refractivity contribution in [2.45, 2.75) is 39.2 Å². The Hall–Kier alpha value is -1.84. The molecule has 0 aliphatic heterocycles. The quantitative estimate of drug-likeness (QED) is 0.502. The number of nitro groups is 1. The summed E-state index contributed by atoms with van der Waals surface area (Å²) in [5.41, 5.74) is 2.85. The molecule has 18 heavy (non-hydrogen) atoms. The van der Waals surface area contributed by atoms with Crippen molar-refractivity contribution in [2.75, 3.05) is 5.32 Å². The standard InChI is InChI=1S/C14H18N2O2/c1-10-8-13(14(16(17)18)9-11(10)2)15-12-6-4-3-5-7-12/h3-4,8-9,12,15H,5-7H2,1-2H3. The second-order valence-electron chi connectivity index (χ2n) is 4.84. The van der Waals surface area contributed by atoms with Gasteiger partial charge < -0.3 is 5.32 Å². The molecular weight excluding hydrogens is 228 g/mol. The molecule has 1 atom stereocenters. The Balaban J connectivity index is 2.27. The van der Waals surface area contributed by atoms with Crippen LogP contribution in [0.5, 0.6) is 0 Å². The number of aryl methyl sites for hydroxylation is 2. The zero-order valence-electron chi connectivity index (χ0n) is 10.8. The van der Waals surface area contributed by atoms with Gasteiger partial charge in [0, 0.05) is 12.1 Å². The minimum absolute atomic E-state index is 0.174. The first-order valence-electron chi connectivity index (χ1n) is 6.25. The van der Waals surface area contributed by atoms with Crippen molar-refractivity contribution in [1.82, 2.24) is 0 Å². The molecule has 1 N–H and O–H groups in total. The summed E-state index contributed by atoms with van der Waals surface area (Å²) in [5, 5.41) is 14.4. The average Bonchev–Trinajstić information content (AvgIpc) is 2.34. The Kier molecular flexibility index (Phi) is 3.65. The molecule has 0 heterocycles. The van der Waals surface area contributed by atoms with E-state index >= 15 is 0 Å². The Morgan fingerprint density at radius 2 is 2.00 bits per heavy atom. The van der Waals surface area contributed by atoms with Gasteiger partial charge in [-0.25, -0.2) is 0 Å². The van der Waals surface area contributed by atoms with Gasteiger partial charge in [0.1, 0.15) is 5.69 Å². The van der Waals surface area contributed by atoms with Crippen molar-refractivity contribution < 1.29 is 4.92 Å².